The van der Waals surface area contributed by atoms with Gasteiger partial charge in [-0.15, -0.1) is 0 Å². The maximum Gasteiger partial charge on any atom is 0.330 e. The van der Waals surface area contributed by atoms with Crippen LogP contribution in [0.4, 0.5) is 0 Å². The molecular formula is C14H22BO3. The summed E-state index contributed by atoms with van der Waals surface area (Å²) >= 11 is 0. The summed E-state index contributed by atoms with van der Waals surface area (Å²) in [5.41, 5.74) is 0.438. The van der Waals surface area contributed by atoms with Gasteiger partial charge in [0.25, 0.3) is 0 Å². The average Bonchev–Trinajstić information content (AvgIpc) is 2.25. The van der Waals surface area contributed by atoms with Crippen LogP contribution in [0.3, 0.4) is 0 Å². The van der Waals surface area contributed by atoms with Gasteiger partial charge in [0.15, 0.2) is 0 Å². The Labute approximate surface area is 110 Å². The topological polar surface area (TPSA) is 38.7 Å². The van der Waals surface area contributed by atoms with Crippen LogP contribution in [0.1, 0.15) is 33.3 Å². The van der Waals surface area contributed by atoms with Gasteiger partial charge < -0.3 is 14.5 Å². The number of aliphatic hydroxyl groups is 1. The summed E-state index contributed by atoms with van der Waals surface area (Å²) in [6, 6.07) is 5.81. The lowest BCUT2D eigenvalue weighted by Crippen LogP contribution is -2.49. The summed E-state index contributed by atoms with van der Waals surface area (Å²) in [7, 11) is 3.32. The van der Waals surface area contributed by atoms with Crippen LogP contribution in [0.15, 0.2) is 18.2 Å². The molecule has 1 radical (unpaired) electrons. The highest BCUT2D eigenvalue weighted by molar-refractivity contribution is 6.47. The molecule has 18 heavy (non-hydrogen) atoms. The third-order valence-corrected chi connectivity index (χ3v) is 3.38. The van der Waals surface area contributed by atoms with Crippen LogP contribution in [0.2, 0.25) is 0 Å². The summed E-state index contributed by atoms with van der Waals surface area (Å²) in [6.07, 6.45) is 0. The van der Waals surface area contributed by atoms with Crippen LogP contribution in [-0.2, 0) is 4.65 Å². The molecule has 0 saturated carbocycles. The SMILES string of the molecule is COc1ccc([B]OC(C)(C)C(C)(C)O)cc1C. The number of ether oxygens (including phenoxy) is 1. The zero-order valence-electron chi connectivity index (χ0n) is 12.1. The smallest absolute Gasteiger partial charge is 0.330 e. The van der Waals surface area contributed by atoms with E-state index in [1.54, 1.807) is 28.4 Å². The van der Waals surface area contributed by atoms with Gasteiger partial charge in [0, 0.05) is 0 Å². The van der Waals surface area contributed by atoms with E-state index >= 15 is 0 Å². The van der Waals surface area contributed by atoms with E-state index in [-0.39, 0.29) is 0 Å². The molecule has 0 aromatic heterocycles. The summed E-state index contributed by atoms with van der Waals surface area (Å²) in [6.45, 7) is 9.18. The third kappa shape index (κ3) is 3.50. The van der Waals surface area contributed by atoms with E-state index in [2.05, 4.69) is 0 Å². The van der Waals surface area contributed by atoms with E-state index in [0.717, 1.165) is 16.8 Å². The zero-order valence-corrected chi connectivity index (χ0v) is 12.1. The average molecular weight is 249 g/mol. The van der Waals surface area contributed by atoms with Crippen LogP contribution in [-0.4, -0.2) is 30.9 Å². The molecule has 99 valence electrons. The molecule has 0 aliphatic heterocycles. The summed E-state index contributed by atoms with van der Waals surface area (Å²) in [4.78, 5) is 0. The van der Waals surface area contributed by atoms with Crippen molar-refractivity contribution in [1.82, 2.24) is 0 Å². The summed E-state index contributed by atoms with van der Waals surface area (Å²) < 4.78 is 10.9. The molecular weight excluding hydrogens is 227 g/mol. The minimum Gasteiger partial charge on any atom is -0.496 e. The van der Waals surface area contributed by atoms with Gasteiger partial charge in [0.2, 0.25) is 0 Å². The first-order chi connectivity index (χ1) is 8.17. The number of benzene rings is 1. The molecule has 0 spiro atoms. The predicted molar refractivity (Wildman–Crippen MR) is 74.6 cm³/mol. The highest BCUT2D eigenvalue weighted by atomic mass is 16.5. The van der Waals surface area contributed by atoms with E-state index in [0.29, 0.717) is 0 Å². The number of hydrogen-bond acceptors (Lipinski definition) is 3. The molecule has 4 heteroatoms. The molecule has 0 atom stereocenters. The lowest BCUT2D eigenvalue weighted by atomic mass is 9.82. The maximum absolute atomic E-state index is 10.00. The molecule has 3 nitrogen and oxygen atoms in total. The normalized spacial score (nSPS) is 12.4. The van der Waals surface area contributed by atoms with E-state index in [9.17, 15) is 5.11 Å². The van der Waals surface area contributed by atoms with Crippen LogP contribution in [0.25, 0.3) is 0 Å². The van der Waals surface area contributed by atoms with Crippen molar-refractivity contribution in [2.24, 2.45) is 0 Å². The first kappa shape index (κ1) is 15.1. The van der Waals surface area contributed by atoms with Gasteiger partial charge in [-0.2, -0.15) is 0 Å². The number of aryl methyl sites for hydroxylation is 1. The van der Waals surface area contributed by atoms with E-state index < -0.39 is 11.2 Å². The second kappa shape index (κ2) is 5.33. The van der Waals surface area contributed by atoms with E-state index in [1.165, 1.54) is 0 Å². The molecule has 0 fully saturated rings. The van der Waals surface area contributed by atoms with Crippen LogP contribution in [0.5, 0.6) is 5.75 Å². The van der Waals surface area contributed by atoms with Crippen molar-refractivity contribution in [1.29, 1.82) is 0 Å². The molecule has 1 rings (SSSR count). The van der Waals surface area contributed by atoms with Crippen molar-refractivity contribution in [3.8, 4) is 5.75 Å². The fourth-order valence-electron chi connectivity index (χ4n) is 1.33. The number of methoxy groups -OCH3 is 1. The van der Waals surface area contributed by atoms with Crippen molar-refractivity contribution in [2.45, 2.75) is 45.8 Å². The van der Waals surface area contributed by atoms with Crippen LogP contribution < -0.4 is 10.2 Å². The quantitative estimate of drug-likeness (QED) is 0.809. The Morgan fingerprint density at radius 3 is 2.22 bits per heavy atom. The Kier molecular flexibility index (Phi) is 4.46. The second-order valence-corrected chi connectivity index (χ2v) is 5.53. The van der Waals surface area contributed by atoms with Crippen molar-refractivity contribution in [3.05, 3.63) is 23.8 Å². The number of hydrogen-bond donors (Lipinski definition) is 1. The second-order valence-electron chi connectivity index (χ2n) is 5.53. The Morgan fingerprint density at radius 1 is 1.17 bits per heavy atom. The van der Waals surface area contributed by atoms with Gasteiger partial charge in [0.05, 0.1) is 18.3 Å². The third-order valence-electron chi connectivity index (χ3n) is 3.38. The predicted octanol–water partition coefficient (Wildman–Crippen LogP) is 1.81. The van der Waals surface area contributed by atoms with Gasteiger partial charge >= 0.3 is 7.48 Å². The van der Waals surface area contributed by atoms with E-state index in [1.807, 2.05) is 39.0 Å². The molecule has 0 aliphatic rings. The first-order valence-corrected chi connectivity index (χ1v) is 6.05. The van der Waals surface area contributed by atoms with Crippen LogP contribution in [0, 0.1) is 6.92 Å². The fraction of sp³-hybridized carbons (Fsp3) is 0.571. The van der Waals surface area contributed by atoms with E-state index in [4.69, 9.17) is 9.39 Å². The van der Waals surface area contributed by atoms with Gasteiger partial charge in [-0.25, -0.2) is 0 Å². The molecule has 0 bridgehead atoms. The highest BCUT2D eigenvalue weighted by Gasteiger charge is 2.35. The lowest BCUT2D eigenvalue weighted by Gasteiger charge is -2.37. The van der Waals surface area contributed by atoms with Crippen molar-refractivity contribution < 1.29 is 14.5 Å². The fourth-order valence-corrected chi connectivity index (χ4v) is 1.33. The molecule has 0 saturated heterocycles. The standard InChI is InChI=1S/C14H22BO3/c1-10-9-11(7-8-12(10)17-6)15-18-14(4,5)13(2,3)16/h7-9,16H,1-6H3. The summed E-state index contributed by atoms with van der Waals surface area (Å²) in [5.74, 6) is 0.855. The lowest BCUT2D eigenvalue weighted by molar-refractivity contribution is -0.0893. The van der Waals surface area contributed by atoms with Crippen molar-refractivity contribution in [3.63, 3.8) is 0 Å². The van der Waals surface area contributed by atoms with Gasteiger partial charge in [-0.05, 0) is 46.2 Å². The monoisotopic (exact) mass is 249 g/mol. The molecule has 0 amide bonds. The van der Waals surface area contributed by atoms with Gasteiger partial charge in [-0.1, -0.05) is 17.6 Å². The zero-order chi connectivity index (χ0) is 14.0. The highest BCUT2D eigenvalue weighted by Crippen LogP contribution is 2.24. The molecule has 0 unspecified atom stereocenters. The minimum atomic E-state index is -0.912. The Morgan fingerprint density at radius 2 is 1.78 bits per heavy atom. The first-order valence-electron chi connectivity index (χ1n) is 6.05. The van der Waals surface area contributed by atoms with Crippen molar-refractivity contribution in [2.75, 3.05) is 7.11 Å². The molecule has 0 heterocycles. The Bertz CT molecular complexity index is 408. The number of rotatable bonds is 5. The minimum absolute atomic E-state index is 0.652. The largest absolute Gasteiger partial charge is 0.496 e. The molecule has 0 aliphatic carbocycles. The van der Waals surface area contributed by atoms with Crippen molar-refractivity contribution >= 4 is 12.9 Å². The molecule has 1 N–H and O–H groups in total. The maximum atomic E-state index is 10.00. The van der Waals surface area contributed by atoms with Gasteiger partial charge in [-0.3, -0.25) is 0 Å². The molecule has 1 aromatic rings. The summed E-state index contributed by atoms with van der Waals surface area (Å²) in [5, 5.41) is 10.00. The van der Waals surface area contributed by atoms with Gasteiger partial charge in [0.1, 0.15) is 5.75 Å². The van der Waals surface area contributed by atoms with Crippen LogP contribution >= 0.6 is 0 Å². The Balaban J connectivity index is 2.73. The Hall–Kier alpha value is -0.995. The molecule has 1 aromatic carbocycles.